The highest BCUT2D eigenvalue weighted by molar-refractivity contribution is 5.98. The van der Waals surface area contributed by atoms with Crippen molar-refractivity contribution in [3.05, 3.63) is 51.3 Å². The van der Waals surface area contributed by atoms with Gasteiger partial charge in [0.15, 0.2) is 18.1 Å². The van der Waals surface area contributed by atoms with Crippen LogP contribution in [0.2, 0.25) is 0 Å². The van der Waals surface area contributed by atoms with Crippen molar-refractivity contribution in [3.8, 4) is 11.5 Å². The van der Waals surface area contributed by atoms with E-state index in [1.165, 1.54) is 39.2 Å². The Bertz CT molecular complexity index is 874. The van der Waals surface area contributed by atoms with E-state index in [1.807, 2.05) is 0 Å². The largest absolute Gasteiger partial charge is 0.493 e. The molecule has 0 N–H and O–H groups in total. The molecule has 0 amide bonds. The van der Waals surface area contributed by atoms with Gasteiger partial charge in [-0.3, -0.25) is 14.9 Å². The van der Waals surface area contributed by atoms with E-state index < -0.39 is 30.0 Å². The summed E-state index contributed by atoms with van der Waals surface area (Å²) in [7, 11) is 1.33. The maximum Gasteiger partial charge on any atom is 0.406 e. The van der Waals surface area contributed by atoms with Crippen LogP contribution in [0.5, 0.6) is 11.5 Å². The van der Waals surface area contributed by atoms with Crippen LogP contribution in [0.15, 0.2) is 24.3 Å². The molecule has 1 aromatic carbocycles. The summed E-state index contributed by atoms with van der Waals surface area (Å²) in [5, 5.41) is 10.9. The van der Waals surface area contributed by atoms with Gasteiger partial charge in [0.2, 0.25) is 5.78 Å². The minimum Gasteiger partial charge on any atom is -0.493 e. The molecule has 0 saturated heterocycles. The third-order valence-electron chi connectivity index (χ3n) is 3.93. The van der Waals surface area contributed by atoms with Gasteiger partial charge in [-0.25, -0.2) is 0 Å². The third-order valence-corrected chi connectivity index (χ3v) is 3.93. The van der Waals surface area contributed by atoms with Crippen molar-refractivity contribution < 1.29 is 32.4 Å². The highest BCUT2D eigenvalue weighted by Gasteiger charge is 2.30. The highest BCUT2D eigenvalue weighted by atomic mass is 19.4. The molecule has 2 aromatic rings. The predicted molar refractivity (Wildman–Crippen MR) is 89.4 cm³/mol. The van der Waals surface area contributed by atoms with Gasteiger partial charge in [0.05, 0.1) is 18.1 Å². The number of nitrogens with zero attached hydrogens (tertiary/aromatic N) is 2. The van der Waals surface area contributed by atoms with Crippen LogP contribution in [0.3, 0.4) is 0 Å². The lowest BCUT2D eigenvalue weighted by Gasteiger charge is -2.12. The molecule has 0 radical (unpaired) electrons. The summed E-state index contributed by atoms with van der Waals surface area (Å²) in [6.45, 7) is 1.19. The maximum atomic E-state index is 12.7. The van der Waals surface area contributed by atoms with Crippen LogP contribution in [0, 0.1) is 24.0 Å². The smallest absolute Gasteiger partial charge is 0.406 e. The molecule has 7 nitrogen and oxygen atoms in total. The number of benzene rings is 1. The van der Waals surface area contributed by atoms with E-state index in [4.69, 9.17) is 9.47 Å². The van der Waals surface area contributed by atoms with Gasteiger partial charge >= 0.3 is 6.18 Å². The first-order valence-corrected chi connectivity index (χ1v) is 7.75. The van der Waals surface area contributed by atoms with E-state index in [0.717, 1.165) is 10.6 Å². The van der Waals surface area contributed by atoms with E-state index in [2.05, 4.69) is 0 Å². The van der Waals surface area contributed by atoms with Gasteiger partial charge in [0.25, 0.3) is 5.69 Å². The molecule has 1 aromatic heterocycles. The molecule has 1 heterocycles. The Morgan fingerprint density at radius 2 is 1.89 bits per heavy atom. The van der Waals surface area contributed by atoms with Crippen LogP contribution in [-0.4, -0.2) is 35.2 Å². The molecule has 0 atom stereocenters. The second-order valence-electron chi connectivity index (χ2n) is 5.79. The zero-order valence-electron chi connectivity index (χ0n) is 14.8. The lowest BCUT2D eigenvalue weighted by molar-refractivity contribution is -0.385. The van der Waals surface area contributed by atoms with E-state index in [1.54, 1.807) is 0 Å². The Hall–Kier alpha value is -3.04. The fraction of sp³-hybridized carbons (Fsp3) is 0.353. The number of carbonyl (C=O) groups is 1. The minimum atomic E-state index is -4.41. The molecule has 0 spiro atoms. The Balaban J connectivity index is 2.21. The van der Waals surface area contributed by atoms with Crippen LogP contribution >= 0.6 is 0 Å². The fourth-order valence-corrected chi connectivity index (χ4v) is 2.62. The number of hydrogen-bond donors (Lipinski definition) is 0. The number of rotatable bonds is 7. The maximum absolute atomic E-state index is 12.7. The Morgan fingerprint density at radius 3 is 2.44 bits per heavy atom. The standard InChI is InChI=1S/C17H17F3N2O5/c1-10-6-13(11(2)21(10)9-17(18,19)20)14(23)8-27-16-7-12(22(24)25)4-5-15(16)26-3/h4-7H,8-9H2,1-3H3. The predicted octanol–water partition coefficient (Wildman–Crippen LogP) is 3.85. The summed E-state index contributed by atoms with van der Waals surface area (Å²) in [5.74, 6) is -0.370. The Kier molecular flexibility index (Phi) is 5.77. The van der Waals surface area contributed by atoms with Gasteiger partial charge in [-0.05, 0) is 26.0 Å². The first-order valence-electron chi connectivity index (χ1n) is 7.75. The molecule has 0 fully saturated rings. The van der Waals surface area contributed by atoms with Crippen LogP contribution in [0.4, 0.5) is 18.9 Å². The number of Topliss-reactive ketones (excluding diaryl/α,β-unsaturated/α-hetero) is 1. The average Bonchev–Trinajstić information content (AvgIpc) is 2.86. The summed E-state index contributed by atoms with van der Waals surface area (Å²) in [6.07, 6.45) is -4.41. The number of alkyl halides is 3. The summed E-state index contributed by atoms with van der Waals surface area (Å²) in [6, 6.07) is 5.02. The molecule has 27 heavy (non-hydrogen) atoms. The van der Waals surface area contributed by atoms with E-state index in [-0.39, 0.29) is 28.4 Å². The monoisotopic (exact) mass is 386 g/mol. The second kappa shape index (κ2) is 7.68. The molecule has 0 aliphatic carbocycles. The van der Waals surface area contributed by atoms with Crippen LogP contribution in [-0.2, 0) is 6.54 Å². The number of non-ortho nitro benzene ring substituents is 1. The van der Waals surface area contributed by atoms with Crippen molar-refractivity contribution >= 4 is 11.5 Å². The third kappa shape index (κ3) is 4.78. The Morgan fingerprint density at radius 1 is 1.22 bits per heavy atom. The molecule has 146 valence electrons. The number of hydrogen-bond acceptors (Lipinski definition) is 5. The number of ketones is 1. The number of carbonyl (C=O) groups excluding carboxylic acids is 1. The number of ether oxygens (including phenoxy) is 2. The molecular weight excluding hydrogens is 369 g/mol. The van der Waals surface area contributed by atoms with Crippen molar-refractivity contribution in [1.29, 1.82) is 0 Å². The van der Waals surface area contributed by atoms with Gasteiger partial charge in [-0.15, -0.1) is 0 Å². The number of nitro groups is 1. The quantitative estimate of drug-likeness (QED) is 0.410. The van der Waals surface area contributed by atoms with Gasteiger partial charge in [-0.1, -0.05) is 0 Å². The van der Waals surface area contributed by atoms with Crippen molar-refractivity contribution in [2.24, 2.45) is 0 Å². The van der Waals surface area contributed by atoms with E-state index in [0.29, 0.717) is 5.69 Å². The van der Waals surface area contributed by atoms with Gasteiger partial charge in [-0.2, -0.15) is 13.2 Å². The molecule has 10 heteroatoms. The first-order chi connectivity index (χ1) is 12.5. The normalized spacial score (nSPS) is 11.3. The zero-order chi connectivity index (χ0) is 20.4. The first kappa shape index (κ1) is 20.3. The summed E-state index contributed by atoms with van der Waals surface area (Å²) >= 11 is 0. The molecule has 0 bridgehead atoms. The summed E-state index contributed by atoms with van der Waals surface area (Å²) in [5.41, 5.74) is 0.313. The minimum absolute atomic E-state index is 0.0100. The summed E-state index contributed by atoms with van der Waals surface area (Å²) in [4.78, 5) is 22.6. The van der Waals surface area contributed by atoms with Crippen molar-refractivity contribution in [3.63, 3.8) is 0 Å². The Labute approximate surface area is 152 Å². The second-order valence-corrected chi connectivity index (χ2v) is 5.79. The molecule has 0 saturated carbocycles. The number of halogens is 3. The SMILES string of the molecule is COc1ccc([N+](=O)[O-])cc1OCC(=O)c1cc(C)n(CC(F)(F)F)c1C. The number of aromatic nitrogens is 1. The van der Waals surface area contributed by atoms with E-state index >= 15 is 0 Å². The molecule has 0 unspecified atom stereocenters. The molecule has 0 aliphatic heterocycles. The molecular formula is C17H17F3N2O5. The van der Waals surface area contributed by atoms with Crippen LogP contribution < -0.4 is 9.47 Å². The van der Waals surface area contributed by atoms with Gasteiger partial charge in [0, 0.05) is 23.0 Å². The van der Waals surface area contributed by atoms with Gasteiger partial charge in [0.1, 0.15) is 6.54 Å². The number of nitro benzene ring substituents is 1. The fourth-order valence-electron chi connectivity index (χ4n) is 2.62. The summed E-state index contributed by atoms with van der Waals surface area (Å²) < 4.78 is 49.4. The van der Waals surface area contributed by atoms with Crippen LogP contribution in [0.1, 0.15) is 21.7 Å². The van der Waals surface area contributed by atoms with Crippen LogP contribution in [0.25, 0.3) is 0 Å². The highest BCUT2D eigenvalue weighted by Crippen LogP contribution is 2.31. The van der Waals surface area contributed by atoms with Gasteiger partial charge < -0.3 is 14.0 Å². The molecule has 0 aliphatic rings. The topological polar surface area (TPSA) is 83.6 Å². The molecule has 2 rings (SSSR count). The zero-order valence-corrected chi connectivity index (χ0v) is 14.8. The average molecular weight is 386 g/mol. The number of methoxy groups -OCH3 is 1. The van der Waals surface area contributed by atoms with Crippen molar-refractivity contribution in [1.82, 2.24) is 4.57 Å². The van der Waals surface area contributed by atoms with Crippen molar-refractivity contribution in [2.75, 3.05) is 13.7 Å². The lowest BCUT2D eigenvalue weighted by Crippen LogP contribution is -2.20. The van der Waals surface area contributed by atoms with E-state index in [9.17, 15) is 28.1 Å². The van der Waals surface area contributed by atoms with Crippen molar-refractivity contribution in [2.45, 2.75) is 26.6 Å². The lowest BCUT2D eigenvalue weighted by atomic mass is 10.1. The number of aryl methyl sites for hydroxylation is 1.